The number of terminal acetylenes is 2. The molecule has 0 aromatic rings. The molecule has 3 atom stereocenters. The maximum absolute atomic E-state index is 10.6. The quantitative estimate of drug-likeness (QED) is 0.117. The lowest BCUT2D eigenvalue weighted by atomic mass is 10.1. The summed E-state index contributed by atoms with van der Waals surface area (Å²) < 4.78 is 0. The van der Waals surface area contributed by atoms with Gasteiger partial charge in [0.25, 0.3) is 11.8 Å². The minimum Gasteiger partial charge on any atom is -0.480 e. The van der Waals surface area contributed by atoms with Crippen LogP contribution in [-0.2, 0) is 19.2 Å². The second-order valence-electron chi connectivity index (χ2n) is 5.23. The fraction of sp³-hybridized carbons (Fsp3) is 0.500. The molecule has 27 heavy (non-hydrogen) atoms. The molecule has 0 bridgehead atoms. The van der Waals surface area contributed by atoms with Crippen molar-refractivity contribution in [3.63, 3.8) is 0 Å². The van der Waals surface area contributed by atoms with Gasteiger partial charge in [-0.15, -0.1) is 12.8 Å². The zero-order chi connectivity index (χ0) is 21.4. The Morgan fingerprint density at radius 1 is 0.852 bits per heavy atom. The van der Waals surface area contributed by atoms with Crippen molar-refractivity contribution in [1.29, 1.82) is 0 Å². The predicted octanol–water partition coefficient (Wildman–Crippen LogP) is -2.86. The lowest BCUT2D eigenvalue weighted by molar-refractivity contribution is -0.139. The summed E-state index contributed by atoms with van der Waals surface area (Å²) in [6, 6.07) is -1.84. The Kier molecular flexibility index (Phi) is 14.7. The first-order chi connectivity index (χ1) is 12.5. The van der Waals surface area contributed by atoms with Crippen LogP contribution >= 0.6 is 0 Å². The number of aliphatic carboxylic acids is 2. The number of hydrogen-bond donors (Lipinski definition) is 7. The molecule has 0 fully saturated rings. The maximum Gasteiger partial charge on any atom is 0.320 e. The minimum absolute atomic E-state index is 0.182. The SMILES string of the molecule is C#CC(=O)NC(N)CC[C@H](N)C(=O)O.C#CC(=O)NCCCC(N)C(=O)O. The molecule has 0 rings (SSSR count). The minimum atomic E-state index is -1.10. The van der Waals surface area contributed by atoms with Crippen LogP contribution in [-0.4, -0.2) is 58.8 Å². The lowest BCUT2D eigenvalue weighted by Gasteiger charge is -2.13. The van der Waals surface area contributed by atoms with Crippen LogP contribution in [0.3, 0.4) is 0 Å². The molecule has 0 aliphatic rings. The molecular formula is C16H25N5O6. The molecule has 0 radical (unpaired) electrons. The van der Waals surface area contributed by atoms with Crippen LogP contribution < -0.4 is 27.8 Å². The molecule has 0 aromatic carbocycles. The Morgan fingerprint density at radius 2 is 1.33 bits per heavy atom. The van der Waals surface area contributed by atoms with Gasteiger partial charge in [-0.3, -0.25) is 19.2 Å². The normalized spacial score (nSPS) is 12.6. The molecule has 0 aromatic heterocycles. The molecule has 150 valence electrons. The fourth-order valence-corrected chi connectivity index (χ4v) is 1.46. The van der Waals surface area contributed by atoms with E-state index >= 15 is 0 Å². The summed E-state index contributed by atoms with van der Waals surface area (Å²) in [5.41, 5.74) is 15.9. The van der Waals surface area contributed by atoms with E-state index in [0.717, 1.165) is 0 Å². The van der Waals surface area contributed by atoms with Crippen LogP contribution in [0.1, 0.15) is 25.7 Å². The van der Waals surface area contributed by atoms with Gasteiger partial charge in [0.15, 0.2) is 0 Å². The van der Waals surface area contributed by atoms with Crippen molar-refractivity contribution in [2.75, 3.05) is 6.54 Å². The zero-order valence-electron chi connectivity index (χ0n) is 14.7. The van der Waals surface area contributed by atoms with E-state index in [4.69, 9.17) is 40.3 Å². The Morgan fingerprint density at radius 3 is 1.78 bits per heavy atom. The van der Waals surface area contributed by atoms with E-state index < -0.39 is 42.0 Å². The van der Waals surface area contributed by atoms with Crippen molar-refractivity contribution < 1.29 is 29.4 Å². The van der Waals surface area contributed by atoms with Crippen LogP contribution in [0.4, 0.5) is 0 Å². The van der Waals surface area contributed by atoms with Crippen LogP contribution in [0.25, 0.3) is 0 Å². The molecule has 0 heterocycles. The highest BCUT2D eigenvalue weighted by molar-refractivity contribution is 5.93. The van der Waals surface area contributed by atoms with E-state index in [2.05, 4.69) is 10.6 Å². The predicted molar refractivity (Wildman–Crippen MR) is 96.5 cm³/mol. The van der Waals surface area contributed by atoms with E-state index in [-0.39, 0.29) is 12.8 Å². The van der Waals surface area contributed by atoms with Crippen LogP contribution in [0.15, 0.2) is 0 Å². The van der Waals surface area contributed by atoms with Gasteiger partial charge in [-0.25, -0.2) is 0 Å². The van der Waals surface area contributed by atoms with Gasteiger partial charge >= 0.3 is 11.9 Å². The average Bonchev–Trinajstić information content (AvgIpc) is 2.62. The molecule has 0 aliphatic carbocycles. The van der Waals surface area contributed by atoms with E-state index in [9.17, 15) is 19.2 Å². The van der Waals surface area contributed by atoms with Gasteiger partial charge < -0.3 is 38.0 Å². The van der Waals surface area contributed by atoms with E-state index in [1.807, 2.05) is 11.8 Å². The summed E-state index contributed by atoms with van der Waals surface area (Å²) in [6.45, 7) is 0.351. The topological polar surface area (TPSA) is 211 Å². The second-order valence-corrected chi connectivity index (χ2v) is 5.23. The molecule has 11 heteroatoms. The van der Waals surface area contributed by atoms with Crippen molar-refractivity contribution >= 4 is 23.8 Å². The highest BCUT2D eigenvalue weighted by Crippen LogP contribution is 1.96. The van der Waals surface area contributed by atoms with E-state index in [1.54, 1.807) is 0 Å². The smallest absolute Gasteiger partial charge is 0.320 e. The molecule has 10 N–H and O–H groups in total. The van der Waals surface area contributed by atoms with Crippen LogP contribution in [0.2, 0.25) is 0 Å². The van der Waals surface area contributed by atoms with Gasteiger partial charge in [-0.2, -0.15) is 0 Å². The summed E-state index contributed by atoms with van der Waals surface area (Å²) >= 11 is 0. The van der Waals surface area contributed by atoms with Crippen LogP contribution in [0, 0.1) is 24.7 Å². The summed E-state index contributed by atoms with van der Waals surface area (Å²) in [5.74, 6) is 0.451. The molecule has 2 amide bonds. The van der Waals surface area contributed by atoms with Gasteiger partial charge in [0.05, 0.1) is 6.17 Å². The number of rotatable bonds is 10. The fourth-order valence-electron chi connectivity index (χ4n) is 1.46. The van der Waals surface area contributed by atoms with Gasteiger partial charge in [0.1, 0.15) is 12.1 Å². The van der Waals surface area contributed by atoms with Crippen molar-refractivity contribution in [3.05, 3.63) is 0 Å². The molecule has 0 aliphatic heterocycles. The molecule has 0 saturated carbocycles. The van der Waals surface area contributed by atoms with Crippen molar-refractivity contribution in [3.8, 4) is 24.7 Å². The summed E-state index contributed by atoms with van der Waals surface area (Å²) in [7, 11) is 0. The molecule has 2 unspecified atom stereocenters. The maximum atomic E-state index is 10.6. The van der Waals surface area contributed by atoms with Gasteiger partial charge in [-0.1, -0.05) is 0 Å². The number of nitrogens with two attached hydrogens (primary N) is 3. The first kappa shape index (κ1) is 26.1. The number of carboxylic acids is 2. The second kappa shape index (κ2) is 15.2. The number of carboxylic acid groups (broad SMARTS) is 2. The number of amides is 2. The monoisotopic (exact) mass is 383 g/mol. The Hall–Kier alpha value is -3.12. The van der Waals surface area contributed by atoms with Crippen LogP contribution in [0.5, 0.6) is 0 Å². The highest BCUT2D eigenvalue weighted by atomic mass is 16.4. The highest BCUT2D eigenvalue weighted by Gasteiger charge is 2.13. The van der Waals surface area contributed by atoms with Gasteiger partial charge in [0, 0.05) is 6.54 Å². The average molecular weight is 383 g/mol. The molecule has 11 nitrogen and oxygen atoms in total. The van der Waals surface area contributed by atoms with Gasteiger partial charge in [-0.05, 0) is 37.5 Å². The third-order valence-corrected chi connectivity index (χ3v) is 2.98. The number of hydrogen-bond acceptors (Lipinski definition) is 7. The largest absolute Gasteiger partial charge is 0.480 e. The number of nitrogens with one attached hydrogen (secondary N) is 2. The summed E-state index contributed by atoms with van der Waals surface area (Å²) in [6.07, 6.45) is 10.2. The Balaban J connectivity index is 0. The molecule has 0 spiro atoms. The van der Waals surface area contributed by atoms with E-state index in [0.29, 0.717) is 19.4 Å². The number of carbonyl (C=O) groups is 4. The third-order valence-electron chi connectivity index (χ3n) is 2.98. The Bertz CT molecular complexity index is 595. The molecular weight excluding hydrogens is 358 g/mol. The van der Waals surface area contributed by atoms with E-state index in [1.165, 1.54) is 0 Å². The lowest BCUT2D eigenvalue weighted by Crippen LogP contribution is -2.42. The number of carbonyl (C=O) groups excluding carboxylic acids is 2. The van der Waals surface area contributed by atoms with Crippen molar-refractivity contribution in [1.82, 2.24) is 10.6 Å². The summed E-state index contributed by atoms with van der Waals surface area (Å²) in [5, 5.41) is 21.5. The first-order valence-electron chi connectivity index (χ1n) is 7.79. The summed E-state index contributed by atoms with van der Waals surface area (Å²) in [4.78, 5) is 41.7. The third kappa shape index (κ3) is 16.1. The standard InChI is InChI=1S/C8H13N3O3.C8H12N2O3/c1-2-7(12)11-6(10)4-3-5(9)8(13)14;1-2-7(11)10-5-3-4-6(9)8(12)13/h1,5-6H,3-4,9-10H2,(H,11,12)(H,13,14);1,6H,3-5,9H2,(H,10,11)(H,12,13)/t5-,6?;/m0./s1. The molecule has 0 saturated heterocycles. The van der Waals surface area contributed by atoms with Crippen molar-refractivity contribution in [2.45, 2.75) is 43.9 Å². The first-order valence-corrected chi connectivity index (χ1v) is 7.79. The zero-order valence-corrected chi connectivity index (χ0v) is 14.7. The van der Waals surface area contributed by atoms with Crippen molar-refractivity contribution in [2.24, 2.45) is 17.2 Å². The Labute approximate surface area is 157 Å². The van der Waals surface area contributed by atoms with Gasteiger partial charge in [0.2, 0.25) is 0 Å².